The van der Waals surface area contributed by atoms with Gasteiger partial charge in [-0.2, -0.15) is 0 Å². The Morgan fingerprint density at radius 3 is 2.40 bits per heavy atom. The van der Waals surface area contributed by atoms with Crippen molar-refractivity contribution in [3.63, 3.8) is 0 Å². The van der Waals surface area contributed by atoms with Crippen molar-refractivity contribution >= 4 is 0 Å². The molecule has 0 aromatic rings. The first-order valence-electron chi connectivity index (χ1n) is 9.24. The number of nitrogens with one attached hydrogen (secondary N) is 1. The molecule has 0 aromatic carbocycles. The van der Waals surface area contributed by atoms with Gasteiger partial charge in [-0.25, -0.2) is 0 Å². The second-order valence-electron chi connectivity index (χ2n) is 7.22. The van der Waals surface area contributed by atoms with E-state index in [0.29, 0.717) is 5.41 Å². The van der Waals surface area contributed by atoms with Crippen LogP contribution in [-0.4, -0.2) is 37.1 Å². The third kappa shape index (κ3) is 4.46. The first-order chi connectivity index (χ1) is 9.79. The zero-order valence-electron chi connectivity index (χ0n) is 13.9. The highest BCUT2D eigenvalue weighted by Crippen LogP contribution is 2.37. The van der Waals surface area contributed by atoms with Crippen LogP contribution < -0.4 is 5.32 Å². The summed E-state index contributed by atoms with van der Waals surface area (Å²) in [6.45, 7) is 9.72. The first-order valence-corrected chi connectivity index (χ1v) is 9.24. The predicted octanol–water partition coefficient (Wildman–Crippen LogP) is 4.20. The summed E-state index contributed by atoms with van der Waals surface area (Å²) in [7, 11) is 0. The van der Waals surface area contributed by atoms with Gasteiger partial charge in [0.15, 0.2) is 0 Å². The van der Waals surface area contributed by atoms with Crippen LogP contribution in [0.4, 0.5) is 0 Å². The van der Waals surface area contributed by atoms with Gasteiger partial charge in [0.05, 0.1) is 0 Å². The minimum absolute atomic E-state index is 0.567. The van der Waals surface area contributed by atoms with E-state index in [2.05, 4.69) is 24.1 Å². The van der Waals surface area contributed by atoms with Gasteiger partial charge >= 0.3 is 0 Å². The minimum Gasteiger partial charge on any atom is -0.316 e. The van der Waals surface area contributed by atoms with Gasteiger partial charge in [-0.05, 0) is 50.6 Å². The van der Waals surface area contributed by atoms with Gasteiger partial charge in [-0.1, -0.05) is 46.0 Å². The van der Waals surface area contributed by atoms with E-state index in [1.807, 2.05) is 0 Å². The van der Waals surface area contributed by atoms with Gasteiger partial charge in [-0.15, -0.1) is 0 Å². The molecule has 1 saturated heterocycles. The van der Waals surface area contributed by atoms with Crippen LogP contribution in [0.1, 0.15) is 78.1 Å². The van der Waals surface area contributed by atoms with Gasteiger partial charge < -0.3 is 5.32 Å². The minimum atomic E-state index is 0.567. The van der Waals surface area contributed by atoms with E-state index in [-0.39, 0.29) is 0 Å². The van der Waals surface area contributed by atoms with Crippen molar-refractivity contribution in [1.29, 1.82) is 0 Å². The molecule has 2 rings (SSSR count). The summed E-state index contributed by atoms with van der Waals surface area (Å²) >= 11 is 0. The molecule has 1 N–H and O–H groups in total. The first kappa shape index (κ1) is 16.3. The van der Waals surface area contributed by atoms with Gasteiger partial charge in [-0.3, -0.25) is 4.90 Å². The van der Waals surface area contributed by atoms with E-state index in [1.54, 1.807) is 0 Å². The lowest BCUT2D eigenvalue weighted by Crippen LogP contribution is -2.49. The van der Waals surface area contributed by atoms with E-state index >= 15 is 0 Å². The Morgan fingerprint density at radius 1 is 1.00 bits per heavy atom. The molecule has 2 nitrogen and oxygen atoms in total. The summed E-state index contributed by atoms with van der Waals surface area (Å²) in [5.74, 6) is 0. The number of hydrogen-bond acceptors (Lipinski definition) is 2. The third-order valence-corrected chi connectivity index (χ3v) is 5.67. The Balaban J connectivity index is 2.01. The summed E-state index contributed by atoms with van der Waals surface area (Å²) in [5, 5.41) is 3.68. The molecular weight excluding hydrogens is 244 g/mol. The summed E-state index contributed by atoms with van der Waals surface area (Å²) in [6, 6.07) is 0.866. The number of nitrogens with zero attached hydrogens (tertiary/aromatic N) is 1. The van der Waals surface area contributed by atoms with Gasteiger partial charge in [0.25, 0.3) is 0 Å². The average Bonchev–Trinajstić information content (AvgIpc) is 2.72. The van der Waals surface area contributed by atoms with Crippen LogP contribution in [0.15, 0.2) is 0 Å². The molecule has 2 heteroatoms. The van der Waals surface area contributed by atoms with E-state index in [1.165, 1.54) is 83.8 Å². The molecular formula is C18H36N2. The van der Waals surface area contributed by atoms with Gasteiger partial charge in [0, 0.05) is 19.1 Å². The lowest BCUT2D eigenvalue weighted by Gasteiger charge is -2.43. The SMILES string of the molecule is CCNCC1(CN2CCCCC2CC)CCCCCC1. The standard InChI is InChI=1S/C18H36N2/c1-3-17-11-7-10-14-20(17)16-18(15-19-4-2)12-8-5-6-9-13-18/h17,19H,3-16H2,1-2H3. The van der Waals surface area contributed by atoms with Crippen molar-refractivity contribution in [2.24, 2.45) is 5.41 Å². The highest BCUT2D eigenvalue weighted by molar-refractivity contribution is 4.89. The van der Waals surface area contributed by atoms with Gasteiger partial charge in [0.1, 0.15) is 0 Å². The molecule has 0 aromatic heterocycles. The molecule has 1 atom stereocenters. The van der Waals surface area contributed by atoms with E-state index < -0.39 is 0 Å². The molecule has 2 fully saturated rings. The van der Waals surface area contributed by atoms with Crippen LogP contribution in [-0.2, 0) is 0 Å². The highest BCUT2D eigenvalue weighted by Gasteiger charge is 2.34. The molecule has 20 heavy (non-hydrogen) atoms. The molecule has 2 aliphatic rings. The molecule has 118 valence electrons. The molecule has 0 bridgehead atoms. The molecule has 0 radical (unpaired) electrons. The molecule has 1 heterocycles. The maximum absolute atomic E-state index is 3.68. The highest BCUT2D eigenvalue weighted by atomic mass is 15.2. The summed E-state index contributed by atoms with van der Waals surface area (Å²) in [5.41, 5.74) is 0.567. The molecule has 1 saturated carbocycles. The second kappa shape index (κ2) is 8.38. The van der Waals surface area contributed by atoms with Crippen LogP contribution >= 0.6 is 0 Å². The molecule has 0 spiro atoms. The van der Waals surface area contributed by atoms with Crippen LogP contribution in [0, 0.1) is 5.41 Å². The normalized spacial score (nSPS) is 28.2. The lowest BCUT2D eigenvalue weighted by atomic mass is 9.78. The number of likely N-dealkylation sites (tertiary alicyclic amines) is 1. The fraction of sp³-hybridized carbons (Fsp3) is 1.00. The largest absolute Gasteiger partial charge is 0.316 e. The fourth-order valence-corrected chi connectivity index (χ4v) is 4.42. The third-order valence-electron chi connectivity index (χ3n) is 5.67. The average molecular weight is 280 g/mol. The molecule has 1 aliphatic heterocycles. The van der Waals surface area contributed by atoms with Crippen LogP contribution in [0.2, 0.25) is 0 Å². The maximum atomic E-state index is 3.68. The Kier molecular flexibility index (Phi) is 6.83. The second-order valence-corrected chi connectivity index (χ2v) is 7.22. The number of rotatable bonds is 6. The van der Waals surface area contributed by atoms with Gasteiger partial charge in [0.2, 0.25) is 0 Å². The summed E-state index contributed by atoms with van der Waals surface area (Å²) < 4.78 is 0. The Labute approximate surface area is 126 Å². The molecule has 1 aliphatic carbocycles. The van der Waals surface area contributed by atoms with Crippen molar-refractivity contribution in [2.75, 3.05) is 26.2 Å². The quantitative estimate of drug-likeness (QED) is 0.734. The zero-order valence-corrected chi connectivity index (χ0v) is 13.9. The fourth-order valence-electron chi connectivity index (χ4n) is 4.42. The molecule has 0 amide bonds. The zero-order chi connectivity index (χ0) is 14.3. The number of hydrogen-bond donors (Lipinski definition) is 1. The van der Waals surface area contributed by atoms with E-state index in [0.717, 1.165) is 12.6 Å². The Bertz CT molecular complexity index is 256. The van der Waals surface area contributed by atoms with Crippen molar-refractivity contribution in [1.82, 2.24) is 10.2 Å². The van der Waals surface area contributed by atoms with Crippen molar-refractivity contribution in [3.05, 3.63) is 0 Å². The predicted molar refractivity (Wildman–Crippen MR) is 88.2 cm³/mol. The maximum Gasteiger partial charge on any atom is 0.00928 e. The van der Waals surface area contributed by atoms with Crippen LogP contribution in [0.25, 0.3) is 0 Å². The van der Waals surface area contributed by atoms with Crippen molar-refractivity contribution < 1.29 is 0 Å². The van der Waals surface area contributed by atoms with E-state index in [9.17, 15) is 0 Å². The summed E-state index contributed by atoms with van der Waals surface area (Å²) in [6.07, 6.45) is 14.4. The monoisotopic (exact) mass is 280 g/mol. The van der Waals surface area contributed by atoms with E-state index in [4.69, 9.17) is 0 Å². The van der Waals surface area contributed by atoms with Crippen LogP contribution in [0.3, 0.4) is 0 Å². The summed E-state index contributed by atoms with van der Waals surface area (Å²) in [4.78, 5) is 2.85. The Morgan fingerprint density at radius 2 is 1.75 bits per heavy atom. The smallest absolute Gasteiger partial charge is 0.00928 e. The Hall–Kier alpha value is -0.0800. The van der Waals surface area contributed by atoms with Crippen LogP contribution in [0.5, 0.6) is 0 Å². The topological polar surface area (TPSA) is 15.3 Å². The lowest BCUT2D eigenvalue weighted by molar-refractivity contribution is 0.0671. The molecule has 1 unspecified atom stereocenters. The van der Waals surface area contributed by atoms with Crippen molar-refractivity contribution in [2.45, 2.75) is 84.1 Å². The number of piperidine rings is 1. The van der Waals surface area contributed by atoms with Crippen molar-refractivity contribution in [3.8, 4) is 0 Å².